The quantitative estimate of drug-likeness (QED) is 0.563. The first-order valence-corrected chi connectivity index (χ1v) is 11.4. The number of anilines is 1. The molecule has 32 heavy (non-hydrogen) atoms. The molecule has 1 aliphatic carbocycles. The predicted molar refractivity (Wildman–Crippen MR) is 121 cm³/mol. The van der Waals surface area contributed by atoms with Crippen molar-refractivity contribution in [3.63, 3.8) is 0 Å². The fraction of sp³-hybridized carbons (Fsp3) is 0.478. The molecule has 3 aromatic rings. The predicted octanol–water partition coefficient (Wildman–Crippen LogP) is 1.99. The molecule has 9 nitrogen and oxygen atoms in total. The summed E-state index contributed by atoms with van der Waals surface area (Å²) in [6.07, 6.45) is 8.25. The molecule has 3 aromatic heterocycles. The van der Waals surface area contributed by atoms with Gasteiger partial charge >= 0.3 is 0 Å². The second kappa shape index (κ2) is 8.74. The normalized spacial score (nSPS) is 23.5. The number of nitrogens with zero attached hydrogens (tertiary/aromatic N) is 4. The summed E-state index contributed by atoms with van der Waals surface area (Å²) < 4.78 is 1.45. The van der Waals surface area contributed by atoms with Crippen LogP contribution < -0.4 is 15.8 Å². The summed E-state index contributed by atoms with van der Waals surface area (Å²) in [5.74, 6) is 0.584. The number of aromatic nitrogens is 4. The van der Waals surface area contributed by atoms with Crippen LogP contribution in [-0.4, -0.2) is 56.0 Å². The standard InChI is InChI=1S/C23H28N6O3/c30-19-8-3-7-18(19)29-21(31)10-9-20(27-29)28-12-2-1-5-15(28)13-26-23(32)17-14-25-22-16(17)6-4-11-24-22/h4,6,9-11,14-15,18-19,30H,1-3,5,7-8,12-13H2,(H,24,25)(H,26,32). The van der Waals surface area contributed by atoms with Gasteiger partial charge in [-0.05, 0) is 56.7 Å². The lowest BCUT2D eigenvalue weighted by atomic mass is 10.0. The Morgan fingerprint density at radius 2 is 2.09 bits per heavy atom. The van der Waals surface area contributed by atoms with Crippen LogP contribution in [0.5, 0.6) is 0 Å². The number of nitrogens with one attached hydrogen (secondary N) is 2. The van der Waals surface area contributed by atoms with Crippen molar-refractivity contribution >= 4 is 22.8 Å². The zero-order chi connectivity index (χ0) is 22.1. The topological polar surface area (TPSA) is 116 Å². The summed E-state index contributed by atoms with van der Waals surface area (Å²) in [5.41, 5.74) is 1.09. The van der Waals surface area contributed by atoms with Gasteiger partial charge < -0.3 is 20.3 Å². The minimum absolute atomic E-state index is 0.0861. The average Bonchev–Trinajstić information content (AvgIpc) is 3.44. The van der Waals surface area contributed by atoms with Gasteiger partial charge in [-0.3, -0.25) is 9.59 Å². The maximum Gasteiger partial charge on any atom is 0.267 e. The molecule has 1 saturated carbocycles. The highest BCUT2D eigenvalue weighted by molar-refractivity contribution is 6.05. The van der Waals surface area contributed by atoms with Gasteiger partial charge in [-0.25, -0.2) is 9.67 Å². The van der Waals surface area contributed by atoms with Crippen molar-refractivity contribution in [1.82, 2.24) is 25.1 Å². The van der Waals surface area contributed by atoms with Gasteiger partial charge in [0.1, 0.15) is 11.5 Å². The van der Waals surface area contributed by atoms with Gasteiger partial charge in [0.2, 0.25) is 0 Å². The Morgan fingerprint density at radius 3 is 2.94 bits per heavy atom. The number of aliphatic hydroxyl groups excluding tert-OH is 1. The molecule has 2 fully saturated rings. The third-order valence-corrected chi connectivity index (χ3v) is 6.68. The number of hydrogen-bond donors (Lipinski definition) is 3. The molecule has 9 heteroatoms. The zero-order valence-electron chi connectivity index (χ0n) is 17.9. The van der Waals surface area contributed by atoms with E-state index in [1.165, 1.54) is 10.7 Å². The number of piperidine rings is 1. The number of H-pyrrole nitrogens is 1. The minimum atomic E-state index is -0.530. The zero-order valence-corrected chi connectivity index (χ0v) is 17.9. The summed E-state index contributed by atoms with van der Waals surface area (Å²) in [6, 6.07) is 6.81. The Hall–Kier alpha value is -3.20. The van der Waals surface area contributed by atoms with Crippen molar-refractivity contribution in [1.29, 1.82) is 0 Å². The van der Waals surface area contributed by atoms with Crippen LogP contribution in [0, 0.1) is 0 Å². The number of aliphatic hydroxyl groups is 1. The van der Waals surface area contributed by atoms with E-state index < -0.39 is 6.10 Å². The lowest BCUT2D eigenvalue weighted by molar-refractivity contribution is 0.0951. The molecule has 3 N–H and O–H groups in total. The maximum absolute atomic E-state index is 12.8. The Balaban J connectivity index is 1.33. The van der Waals surface area contributed by atoms with Crippen LogP contribution in [0.15, 0.2) is 41.5 Å². The van der Waals surface area contributed by atoms with Gasteiger partial charge in [0.25, 0.3) is 11.5 Å². The molecule has 0 bridgehead atoms. The number of fused-ring (bicyclic) bond motifs is 1. The molecule has 168 valence electrons. The van der Waals surface area contributed by atoms with Gasteiger partial charge in [0.05, 0.1) is 17.7 Å². The smallest absolute Gasteiger partial charge is 0.267 e. The molecular weight excluding hydrogens is 408 g/mol. The third-order valence-electron chi connectivity index (χ3n) is 6.68. The molecule has 4 heterocycles. The Morgan fingerprint density at radius 1 is 1.19 bits per heavy atom. The molecular formula is C23H28N6O3. The van der Waals surface area contributed by atoms with Gasteiger partial charge in [-0.2, -0.15) is 5.10 Å². The molecule has 0 aromatic carbocycles. The van der Waals surface area contributed by atoms with Crippen molar-refractivity contribution in [2.24, 2.45) is 0 Å². The van der Waals surface area contributed by atoms with Gasteiger partial charge in [0, 0.05) is 43.0 Å². The molecule has 1 saturated heterocycles. The SMILES string of the molecule is O=C(NCC1CCCCN1c1ccc(=O)n(C2CCCC2O)n1)c1c[nH]c2ncccc12. The van der Waals surface area contributed by atoms with Crippen molar-refractivity contribution in [2.75, 3.05) is 18.0 Å². The lowest BCUT2D eigenvalue weighted by Gasteiger charge is -2.37. The van der Waals surface area contributed by atoms with E-state index in [1.54, 1.807) is 18.5 Å². The molecule has 3 unspecified atom stereocenters. The second-order valence-corrected chi connectivity index (χ2v) is 8.69. The number of pyridine rings is 1. The Labute approximate surface area is 185 Å². The van der Waals surface area contributed by atoms with E-state index in [2.05, 4.69) is 25.3 Å². The van der Waals surface area contributed by atoms with Gasteiger partial charge in [0.15, 0.2) is 0 Å². The molecule has 3 atom stereocenters. The fourth-order valence-electron chi connectivity index (χ4n) is 4.98. The van der Waals surface area contributed by atoms with Crippen LogP contribution in [0.3, 0.4) is 0 Å². The maximum atomic E-state index is 12.8. The summed E-state index contributed by atoms with van der Waals surface area (Å²) >= 11 is 0. The van der Waals surface area contributed by atoms with Gasteiger partial charge in [-0.1, -0.05) is 0 Å². The summed E-state index contributed by atoms with van der Waals surface area (Å²) in [7, 11) is 0. The number of hydrogen-bond acceptors (Lipinski definition) is 6. The van der Waals surface area contributed by atoms with Crippen LogP contribution in [0.4, 0.5) is 5.82 Å². The monoisotopic (exact) mass is 436 g/mol. The molecule has 1 aliphatic heterocycles. The van der Waals surface area contributed by atoms with Gasteiger partial charge in [-0.15, -0.1) is 0 Å². The van der Waals surface area contributed by atoms with Crippen molar-refractivity contribution in [3.8, 4) is 0 Å². The van der Waals surface area contributed by atoms with Crippen molar-refractivity contribution in [2.45, 2.75) is 56.7 Å². The highest BCUT2D eigenvalue weighted by Gasteiger charge is 2.30. The Kier molecular flexibility index (Phi) is 5.65. The molecule has 2 aliphatic rings. The molecule has 0 radical (unpaired) electrons. The molecule has 5 rings (SSSR count). The Bertz CT molecular complexity index is 1170. The van der Waals surface area contributed by atoms with E-state index >= 15 is 0 Å². The third kappa shape index (κ3) is 3.88. The van der Waals surface area contributed by atoms with Crippen molar-refractivity contribution in [3.05, 3.63) is 52.6 Å². The van der Waals surface area contributed by atoms with Crippen LogP contribution in [0.25, 0.3) is 11.0 Å². The molecule has 1 amide bonds. The van der Waals surface area contributed by atoms with Crippen LogP contribution in [-0.2, 0) is 0 Å². The van der Waals surface area contributed by atoms with E-state index in [9.17, 15) is 14.7 Å². The number of amides is 1. The minimum Gasteiger partial charge on any atom is -0.391 e. The van der Waals surface area contributed by atoms with E-state index in [4.69, 9.17) is 0 Å². The lowest BCUT2D eigenvalue weighted by Crippen LogP contribution is -2.48. The van der Waals surface area contributed by atoms with Crippen LogP contribution >= 0.6 is 0 Å². The highest BCUT2D eigenvalue weighted by Crippen LogP contribution is 2.29. The number of aromatic amines is 1. The van der Waals surface area contributed by atoms with Crippen LogP contribution in [0.1, 0.15) is 54.9 Å². The summed E-state index contributed by atoms with van der Waals surface area (Å²) in [4.78, 5) is 34.7. The number of carbonyl (C=O) groups excluding carboxylic acids is 1. The highest BCUT2D eigenvalue weighted by atomic mass is 16.3. The molecule has 0 spiro atoms. The first-order chi connectivity index (χ1) is 15.6. The number of carbonyl (C=O) groups is 1. The summed E-state index contributed by atoms with van der Waals surface area (Å²) in [6.45, 7) is 1.30. The van der Waals surface area contributed by atoms with E-state index in [1.807, 2.05) is 12.1 Å². The largest absolute Gasteiger partial charge is 0.391 e. The second-order valence-electron chi connectivity index (χ2n) is 8.69. The van der Waals surface area contributed by atoms with Crippen LogP contribution in [0.2, 0.25) is 0 Å². The van der Waals surface area contributed by atoms with E-state index in [-0.39, 0.29) is 23.6 Å². The summed E-state index contributed by atoms with van der Waals surface area (Å²) in [5, 5.41) is 18.8. The van der Waals surface area contributed by atoms with E-state index in [0.717, 1.165) is 49.9 Å². The first-order valence-electron chi connectivity index (χ1n) is 11.4. The number of rotatable bonds is 5. The van der Waals surface area contributed by atoms with E-state index in [0.29, 0.717) is 24.2 Å². The first kappa shape index (κ1) is 20.7. The average molecular weight is 437 g/mol. The fourth-order valence-corrected chi connectivity index (χ4v) is 4.98. The van der Waals surface area contributed by atoms with Crippen molar-refractivity contribution < 1.29 is 9.90 Å².